The summed E-state index contributed by atoms with van der Waals surface area (Å²) in [6.45, 7) is 3.49. The predicted molar refractivity (Wildman–Crippen MR) is 29.7 cm³/mol. The first-order valence-corrected chi connectivity index (χ1v) is 2.35. The molecule has 0 fully saturated rings. The van der Waals surface area contributed by atoms with Gasteiger partial charge < -0.3 is 5.11 Å². The van der Waals surface area contributed by atoms with E-state index in [1.165, 1.54) is 0 Å². The van der Waals surface area contributed by atoms with Crippen molar-refractivity contribution in [1.29, 1.82) is 0 Å². The summed E-state index contributed by atoms with van der Waals surface area (Å²) in [5, 5.41) is 8.58. The zero-order valence-corrected chi connectivity index (χ0v) is 4.73. The van der Waals surface area contributed by atoms with E-state index in [4.69, 9.17) is 5.11 Å². The highest BCUT2D eigenvalue weighted by atomic mass is 16.3. The molecule has 7 heavy (non-hydrogen) atoms. The van der Waals surface area contributed by atoms with Gasteiger partial charge in [0, 0.05) is 6.42 Å². The van der Waals surface area contributed by atoms with Gasteiger partial charge in [-0.25, -0.2) is 0 Å². The maximum atomic E-state index is 8.58. The van der Waals surface area contributed by atoms with Crippen LogP contribution in [0.5, 0.6) is 0 Å². The van der Waals surface area contributed by atoms with Gasteiger partial charge in [-0.2, -0.15) is 0 Å². The van der Waals surface area contributed by atoms with Crippen molar-refractivity contribution in [1.82, 2.24) is 0 Å². The average molecular weight is 98.1 g/mol. The van der Waals surface area contributed by atoms with E-state index < -0.39 is 0 Å². The SMILES string of the molecule is CC#CCC(C)O. The number of rotatable bonds is 1. The van der Waals surface area contributed by atoms with Gasteiger partial charge in [0.05, 0.1) is 6.10 Å². The molecule has 1 nitrogen and oxygen atoms in total. The molecule has 40 valence electrons. The second-order valence-corrected chi connectivity index (χ2v) is 1.48. The summed E-state index contributed by atoms with van der Waals surface area (Å²) in [6.07, 6.45) is 0.323. The van der Waals surface area contributed by atoms with Crippen molar-refractivity contribution in [2.45, 2.75) is 26.4 Å². The van der Waals surface area contributed by atoms with Crippen LogP contribution in [0.2, 0.25) is 0 Å². The van der Waals surface area contributed by atoms with Crippen LogP contribution in [0.4, 0.5) is 0 Å². The molecular weight excluding hydrogens is 88.1 g/mol. The van der Waals surface area contributed by atoms with Crippen molar-refractivity contribution in [3.63, 3.8) is 0 Å². The van der Waals surface area contributed by atoms with E-state index in [0.29, 0.717) is 6.42 Å². The molecule has 0 aromatic rings. The molecule has 1 unspecified atom stereocenters. The lowest BCUT2D eigenvalue weighted by molar-refractivity contribution is 0.201. The Morgan fingerprint density at radius 3 is 2.43 bits per heavy atom. The Morgan fingerprint density at radius 1 is 1.71 bits per heavy atom. The van der Waals surface area contributed by atoms with Crippen LogP contribution in [-0.4, -0.2) is 11.2 Å². The largest absolute Gasteiger partial charge is 0.392 e. The fourth-order valence-electron chi connectivity index (χ4n) is 0.250. The van der Waals surface area contributed by atoms with Gasteiger partial charge in [0.2, 0.25) is 0 Å². The Morgan fingerprint density at radius 2 is 2.29 bits per heavy atom. The van der Waals surface area contributed by atoms with Crippen molar-refractivity contribution in [3.05, 3.63) is 0 Å². The van der Waals surface area contributed by atoms with E-state index in [9.17, 15) is 0 Å². The summed E-state index contributed by atoms with van der Waals surface area (Å²) in [4.78, 5) is 0. The standard InChI is InChI=1S/C6H10O/c1-3-4-5-6(2)7/h6-7H,5H2,1-2H3. The van der Waals surface area contributed by atoms with Gasteiger partial charge in [0.25, 0.3) is 0 Å². The Kier molecular flexibility index (Phi) is 3.45. The zero-order chi connectivity index (χ0) is 5.70. The van der Waals surface area contributed by atoms with E-state index in [0.717, 1.165) is 0 Å². The number of hydrogen-bond donors (Lipinski definition) is 1. The summed E-state index contributed by atoms with van der Waals surface area (Å²) in [7, 11) is 0. The van der Waals surface area contributed by atoms with Crippen LogP contribution in [-0.2, 0) is 0 Å². The van der Waals surface area contributed by atoms with Crippen molar-refractivity contribution in [3.8, 4) is 11.8 Å². The smallest absolute Gasteiger partial charge is 0.0621 e. The molecule has 0 amide bonds. The third-order valence-corrected chi connectivity index (χ3v) is 0.574. The van der Waals surface area contributed by atoms with Crippen LogP contribution in [0.3, 0.4) is 0 Å². The van der Waals surface area contributed by atoms with Crippen LogP contribution in [0.15, 0.2) is 0 Å². The normalized spacial score (nSPS) is 11.9. The Bertz CT molecular complexity index is 84.1. The number of hydrogen-bond acceptors (Lipinski definition) is 1. The molecule has 0 aromatic heterocycles. The highest BCUT2D eigenvalue weighted by molar-refractivity contribution is 4.95. The summed E-state index contributed by atoms with van der Waals surface area (Å²) in [5.74, 6) is 5.44. The molecule has 0 rings (SSSR count). The molecule has 0 aliphatic rings. The van der Waals surface area contributed by atoms with Gasteiger partial charge in [0.1, 0.15) is 0 Å². The molecule has 0 saturated carbocycles. The minimum atomic E-state index is -0.271. The molecule has 1 N–H and O–H groups in total. The molecule has 1 atom stereocenters. The van der Waals surface area contributed by atoms with E-state index >= 15 is 0 Å². The fourth-order valence-corrected chi connectivity index (χ4v) is 0.250. The van der Waals surface area contributed by atoms with E-state index in [-0.39, 0.29) is 6.10 Å². The van der Waals surface area contributed by atoms with Crippen molar-refractivity contribution in [2.75, 3.05) is 0 Å². The molecule has 0 radical (unpaired) electrons. The van der Waals surface area contributed by atoms with Crippen LogP contribution in [0.25, 0.3) is 0 Å². The topological polar surface area (TPSA) is 20.2 Å². The highest BCUT2D eigenvalue weighted by Crippen LogP contribution is 1.83. The predicted octanol–water partition coefficient (Wildman–Crippen LogP) is 0.781. The lowest BCUT2D eigenvalue weighted by Crippen LogP contribution is -1.95. The van der Waals surface area contributed by atoms with E-state index in [1.807, 2.05) is 0 Å². The van der Waals surface area contributed by atoms with E-state index in [2.05, 4.69) is 11.8 Å². The van der Waals surface area contributed by atoms with Crippen LogP contribution in [0, 0.1) is 11.8 Å². The summed E-state index contributed by atoms with van der Waals surface area (Å²) in [6, 6.07) is 0. The molecule has 0 saturated heterocycles. The summed E-state index contributed by atoms with van der Waals surface area (Å²) >= 11 is 0. The molecule has 0 spiro atoms. The third-order valence-electron chi connectivity index (χ3n) is 0.574. The molecule has 0 aliphatic carbocycles. The van der Waals surface area contributed by atoms with Crippen molar-refractivity contribution in [2.24, 2.45) is 0 Å². The van der Waals surface area contributed by atoms with Crippen molar-refractivity contribution >= 4 is 0 Å². The van der Waals surface area contributed by atoms with Gasteiger partial charge in [-0.05, 0) is 13.8 Å². The molecule has 0 aliphatic heterocycles. The first kappa shape index (κ1) is 6.52. The Labute approximate surface area is 44.4 Å². The maximum absolute atomic E-state index is 8.58. The lowest BCUT2D eigenvalue weighted by Gasteiger charge is -1.91. The highest BCUT2D eigenvalue weighted by Gasteiger charge is 1.85. The molecule has 0 aromatic carbocycles. The lowest BCUT2D eigenvalue weighted by atomic mass is 10.3. The monoisotopic (exact) mass is 98.1 g/mol. The fraction of sp³-hybridized carbons (Fsp3) is 0.667. The second kappa shape index (κ2) is 3.70. The van der Waals surface area contributed by atoms with Gasteiger partial charge in [-0.1, -0.05) is 0 Å². The maximum Gasteiger partial charge on any atom is 0.0621 e. The van der Waals surface area contributed by atoms with Gasteiger partial charge in [0.15, 0.2) is 0 Å². The van der Waals surface area contributed by atoms with Crippen LogP contribution in [0.1, 0.15) is 20.3 Å². The zero-order valence-electron chi connectivity index (χ0n) is 4.73. The Balaban J connectivity index is 3.08. The second-order valence-electron chi connectivity index (χ2n) is 1.48. The number of aliphatic hydroxyl groups excluding tert-OH is 1. The van der Waals surface area contributed by atoms with Gasteiger partial charge in [-0.3, -0.25) is 0 Å². The summed E-state index contributed by atoms with van der Waals surface area (Å²) < 4.78 is 0. The molecule has 0 bridgehead atoms. The van der Waals surface area contributed by atoms with Gasteiger partial charge >= 0.3 is 0 Å². The van der Waals surface area contributed by atoms with Crippen molar-refractivity contribution < 1.29 is 5.11 Å². The first-order chi connectivity index (χ1) is 3.27. The Hall–Kier alpha value is -0.480. The quantitative estimate of drug-likeness (QED) is 0.480. The molecular formula is C6H10O. The van der Waals surface area contributed by atoms with Crippen LogP contribution < -0.4 is 0 Å². The summed E-state index contributed by atoms with van der Waals surface area (Å²) in [5.41, 5.74) is 0. The molecule has 0 heterocycles. The minimum absolute atomic E-state index is 0.271. The number of aliphatic hydroxyl groups is 1. The third kappa shape index (κ3) is 5.52. The van der Waals surface area contributed by atoms with Gasteiger partial charge in [-0.15, -0.1) is 11.8 Å². The van der Waals surface area contributed by atoms with E-state index in [1.54, 1.807) is 13.8 Å². The first-order valence-electron chi connectivity index (χ1n) is 2.35. The molecule has 1 heteroatoms. The average Bonchev–Trinajstić information content (AvgIpc) is 1.61. The minimum Gasteiger partial charge on any atom is -0.392 e. The van der Waals surface area contributed by atoms with Crippen LogP contribution >= 0.6 is 0 Å².